The fraction of sp³-hybridized carbons (Fsp3) is 0.238. The van der Waals surface area contributed by atoms with Gasteiger partial charge in [0.25, 0.3) is 5.91 Å². The van der Waals surface area contributed by atoms with Gasteiger partial charge in [0, 0.05) is 29.9 Å². The maximum absolute atomic E-state index is 12.4. The number of nitrogens with zero attached hydrogens (tertiary/aromatic N) is 2. The van der Waals surface area contributed by atoms with E-state index >= 15 is 0 Å². The highest BCUT2D eigenvalue weighted by Crippen LogP contribution is 2.22. The highest BCUT2D eigenvalue weighted by atomic mass is 35.5. The summed E-state index contributed by atoms with van der Waals surface area (Å²) < 4.78 is 7.61. The molecule has 7 heteroatoms. The van der Waals surface area contributed by atoms with Gasteiger partial charge in [0.15, 0.2) is 0 Å². The molecule has 2 aromatic carbocycles. The van der Waals surface area contributed by atoms with Crippen molar-refractivity contribution in [3.05, 3.63) is 81.6 Å². The lowest BCUT2D eigenvalue weighted by Gasteiger charge is -2.11. The molecule has 3 rings (SSSR count). The topological polar surface area (TPSA) is 56.1 Å². The number of carbonyl (C=O) groups excluding carboxylic acids is 1. The molecule has 1 N–H and O–H groups in total. The molecule has 0 fully saturated rings. The highest BCUT2D eigenvalue weighted by molar-refractivity contribution is 6.30. The van der Waals surface area contributed by atoms with Gasteiger partial charge >= 0.3 is 0 Å². The molecule has 0 bridgehead atoms. The molecule has 1 heterocycles. The van der Waals surface area contributed by atoms with Gasteiger partial charge in [0.1, 0.15) is 12.4 Å². The van der Waals surface area contributed by atoms with E-state index in [0.29, 0.717) is 35.3 Å². The van der Waals surface area contributed by atoms with Crippen molar-refractivity contribution in [1.82, 2.24) is 15.1 Å². The van der Waals surface area contributed by atoms with Crippen LogP contribution in [0.4, 0.5) is 0 Å². The van der Waals surface area contributed by atoms with Crippen LogP contribution in [0.1, 0.15) is 27.9 Å². The fourth-order valence-corrected chi connectivity index (χ4v) is 3.13. The first-order chi connectivity index (χ1) is 13.5. The quantitative estimate of drug-likeness (QED) is 0.530. The predicted molar refractivity (Wildman–Crippen MR) is 111 cm³/mol. The zero-order chi connectivity index (χ0) is 19.9. The van der Waals surface area contributed by atoms with E-state index in [9.17, 15) is 4.79 Å². The second-order valence-electron chi connectivity index (χ2n) is 6.43. The van der Waals surface area contributed by atoms with Crippen LogP contribution in [0, 0.1) is 6.92 Å². The number of carbonyl (C=O) groups is 1. The lowest BCUT2D eigenvalue weighted by molar-refractivity contribution is 0.0952. The van der Waals surface area contributed by atoms with Crippen LogP contribution in [0.5, 0.6) is 5.75 Å². The summed E-state index contributed by atoms with van der Waals surface area (Å²) in [6.45, 7) is 3.58. The third-order valence-electron chi connectivity index (χ3n) is 4.17. The van der Waals surface area contributed by atoms with Gasteiger partial charge in [-0.25, -0.2) is 0 Å². The number of aromatic nitrogens is 2. The Morgan fingerprint density at radius 2 is 2.04 bits per heavy atom. The van der Waals surface area contributed by atoms with Crippen LogP contribution in [-0.4, -0.2) is 22.2 Å². The minimum atomic E-state index is -0.108. The Kier molecular flexibility index (Phi) is 6.95. The number of amides is 1. The molecule has 0 aliphatic rings. The lowest BCUT2D eigenvalue weighted by Crippen LogP contribution is -2.25. The van der Waals surface area contributed by atoms with Crippen molar-refractivity contribution >= 4 is 29.1 Å². The third-order valence-corrected chi connectivity index (χ3v) is 4.60. The van der Waals surface area contributed by atoms with Gasteiger partial charge in [-0.3, -0.25) is 9.48 Å². The van der Waals surface area contributed by atoms with E-state index in [4.69, 9.17) is 27.9 Å². The Hall–Kier alpha value is -2.50. The van der Waals surface area contributed by atoms with Gasteiger partial charge in [0.05, 0.1) is 11.2 Å². The van der Waals surface area contributed by atoms with Crippen molar-refractivity contribution in [1.29, 1.82) is 0 Å². The van der Waals surface area contributed by atoms with Gasteiger partial charge in [0.2, 0.25) is 0 Å². The number of rotatable bonds is 8. The molecule has 1 aromatic heterocycles. The Balaban J connectivity index is 1.49. The van der Waals surface area contributed by atoms with Gasteiger partial charge in [-0.15, -0.1) is 0 Å². The smallest absolute Gasteiger partial charge is 0.251 e. The van der Waals surface area contributed by atoms with Crippen molar-refractivity contribution < 1.29 is 9.53 Å². The van der Waals surface area contributed by atoms with Crippen LogP contribution in [0.2, 0.25) is 10.0 Å². The summed E-state index contributed by atoms with van der Waals surface area (Å²) in [6, 6.07) is 12.9. The Bertz CT molecular complexity index is 956. The van der Waals surface area contributed by atoms with Gasteiger partial charge in [-0.2, -0.15) is 5.10 Å². The maximum atomic E-state index is 12.4. The molecule has 146 valence electrons. The fourth-order valence-electron chi connectivity index (χ4n) is 2.74. The van der Waals surface area contributed by atoms with E-state index < -0.39 is 0 Å². The van der Waals surface area contributed by atoms with Gasteiger partial charge < -0.3 is 10.1 Å². The van der Waals surface area contributed by atoms with Crippen molar-refractivity contribution in [2.75, 3.05) is 6.54 Å². The first kappa shape index (κ1) is 20.2. The first-order valence-corrected chi connectivity index (χ1v) is 9.71. The van der Waals surface area contributed by atoms with Crippen molar-refractivity contribution in [3.63, 3.8) is 0 Å². The van der Waals surface area contributed by atoms with E-state index in [-0.39, 0.29) is 5.91 Å². The molecule has 0 saturated heterocycles. The van der Waals surface area contributed by atoms with E-state index in [0.717, 1.165) is 23.3 Å². The normalized spacial score (nSPS) is 10.7. The minimum absolute atomic E-state index is 0.108. The van der Waals surface area contributed by atoms with E-state index in [1.165, 1.54) is 0 Å². The Morgan fingerprint density at radius 1 is 1.18 bits per heavy atom. The summed E-state index contributed by atoms with van der Waals surface area (Å²) in [5, 5.41) is 8.32. The molecule has 0 aliphatic carbocycles. The maximum Gasteiger partial charge on any atom is 0.251 e. The van der Waals surface area contributed by atoms with Crippen molar-refractivity contribution in [2.24, 2.45) is 0 Å². The SMILES string of the molecule is Cc1cc(Cl)ccc1OCc1cccc(C(=O)NCCCn2cc(Cl)cn2)c1. The molecule has 3 aromatic rings. The molecule has 0 atom stereocenters. The van der Waals surface area contributed by atoms with E-state index in [2.05, 4.69) is 10.4 Å². The number of ether oxygens (including phenoxy) is 1. The molecular formula is C21H21Cl2N3O2. The standard InChI is InChI=1S/C21H21Cl2N3O2/c1-15-10-18(22)6-7-20(15)28-14-16-4-2-5-17(11-16)21(27)24-8-3-9-26-13-19(23)12-25-26/h2,4-7,10-13H,3,8-9,14H2,1H3,(H,24,27). The largest absolute Gasteiger partial charge is 0.489 e. The summed E-state index contributed by atoms with van der Waals surface area (Å²) in [5.74, 6) is 0.668. The van der Waals surface area contributed by atoms with Crippen molar-refractivity contribution in [2.45, 2.75) is 26.5 Å². The molecule has 5 nitrogen and oxygen atoms in total. The molecule has 0 radical (unpaired) electrons. The van der Waals surface area contributed by atoms with E-state index in [1.54, 1.807) is 29.2 Å². The number of hydrogen-bond donors (Lipinski definition) is 1. The summed E-state index contributed by atoms with van der Waals surface area (Å²) >= 11 is 11.8. The van der Waals surface area contributed by atoms with Crippen LogP contribution in [0.25, 0.3) is 0 Å². The lowest BCUT2D eigenvalue weighted by atomic mass is 10.1. The average molecular weight is 418 g/mol. The summed E-state index contributed by atoms with van der Waals surface area (Å²) in [5.41, 5.74) is 2.50. The van der Waals surface area contributed by atoms with Crippen LogP contribution in [0.15, 0.2) is 54.9 Å². The summed E-state index contributed by atoms with van der Waals surface area (Å²) in [7, 11) is 0. The van der Waals surface area contributed by atoms with Gasteiger partial charge in [-0.05, 0) is 54.8 Å². The highest BCUT2D eigenvalue weighted by Gasteiger charge is 2.07. The molecular weight excluding hydrogens is 397 g/mol. The molecule has 0 aliphatic heterocycles. The second kappa shape index (κ2) is 9.62. The molecule has 0 saturated carbocycles. The number of aryl methyl sites for hydroxylation is 2. The van der Waals surface area contributed by atoms with Crippen molar-refractivity contribution in [3.8, 4) is 5.75 Å². The summed E-state index contributed by atoms with van der Waals surface area (Å²) in [4.78, 5) is 12.4. The van der Waals surface area contributed by atoms with Gasteiger partial charge in [-0.1, -0.05) is 35.3 Å². The number of nitrogens with one attached hydrogen (secondary N) is 1. The van der Waals surface area contributed by atoms with E-state index in [1.807, 2.05) is 37.3 Å². The zero-order valence-corrected chi connectivity index (χ0v) is 17.0. The molecule has 0 spiro atoms. The van der Waals surface area contributed by atoms with Crippen LogP contribution in [0.3, 0.4) is 0 Å². The second-order valence-corrected chi connectivity index (χ2v) is 7.30. The number of halogens is 2. The molecule has 1 amide bonds. The Morgan fingerprint density at radius 3 is 2.79 bits per heavy atom. The van der Waals surface area contributed by atoms with Crippen LogP contribution >= 0.6 is 23.2 Å². The molecule has 0 unspecified atom stereocenters. The van der Waals surface area contributed by atoms with Crippen LogP contribution < -0.4 is 10.1 Å². The first-order valence-electron chi connectivity index (χ1n) is 8.95. The minimum Gasteiger partial charge on any atom is -0.489 e. The molecule has 28 heavy (non-hydrogen) atoms. The monoisotopic (exact) mass is 417 g/mol. The average Bonchev–Trinajstić information content (AvgIpc) is 3.10. The van der Waals surface area contributed by atoms with Crippen LogP contribution in [-0.2, 0) is 13.2 Å². The Labute approximate surface area is 174 Å². The predicted octanol–water partition coefficient (Wildman–Crippen LogP) is 4.90. The zero-order valence-electron chi connectivity index (χ0n) is 15.5. The number of benzene rings is 2. The third kappa shape index (κ3) is 5.75. The number of hydrogen-bond acceptors (Lipinski definition) is 3. The summed E-state index contributed by atoms with van der Waals surface area (Å²) in [6.07, 6.45) is 4.12.